The number of rotatable bonds is 7. The summed E-state index contributed by atoms with van der Waals surface area (Å²) in [6, 6.07) is 9.63. The number of aromatic nitrogens is 3. The lowest BCUT2D eigenvalue weighted by Gasteiger charge is -2.10. The topological polar surface area (TPSA) is 68.9 Å². The van der Waals surface area contributed by atoms with Crippen LogP contribution in [0.4, 0.5) is 0 Å². The number of hydrogen-bond donors (Lipinski definition) is 1. The first-order valence-corrected chi connectivity index (χ1v) is 10.7. The second kappa shape index (κ2) is 8.16. The summed E-state index contributed by atoms with van der Waals surface area (Å²) in [5.41, 5.74) is 5.33. The van der Waals surface area contributed by atoms with Crippen LogP contribution >= 0.6 is 0 Å². The largest absolute Gasteiger partial charge is 0.316 e. The Kier molecular flexibility index (Phi) is 5.86. The molecule has 3 rings (SSSR count). The van der Waals surface area contributed by atoms with E-state index in [0.29, 0.717) is 6.54 Å². The predicted molar refractivity (Wildman–Crippen MR) is 114 cm³/mol. The molecule has 0 aliphatic rings. The van der Waals surface area contributed by atoms with Crippen molar-refractivity contribution in [2.24, 2.45) is 7.05 Å². The van der Waals surface area contributed by atoms with Crippen molar-refractivity contribution < 1.29 is 8.42 Å². The molecule has 2 heterocycles. The van der Waals surface area contributed by atoms with Gasteiger partial charge >= 0.3 is 0 Å². The van der Waals surface area contributed by atoms with Gasteiger partial charge in [-0.15, -0.1) is 0 Å². The number of nitrogens with zero attached hydrogens (tertiary/aromatic N) is 3. The van der Waals surface area contributed by atoms with Crippen molar-refractivity contribution in [1.82, 2.24) is 19.1 Å². The van der Waals surface area contributed by atoms with Crippen LogP contribution in [0, 0.1) is 13.8 Å². The molecule has 28 heavy (non-hydrogen) atoms. The molecule has 2 aromatic heterocycles. The second-order valence-corrected chi connectivity index (χ2v) is 8.74. The first-order chi connectivity index (χ1) is 13.3. The molecule has 1 aromatic carbocycles. The molecule has 1 N–H and O–H groups in total. The van der Waals surface area contributed by atoms with Gasteiger partial charge in [-0.05, 0) is 37.6 Å². The van der Waals surface area contributed by atoms with Crippen LogP contribution in [0.1, 0.15) is 22.4 Å². The molecule has 0 saturated carbocycles. The average Bonchev–Trinajstić information content (AvgIpc) is 3.15. The zero-order valence-electron chi connectivity index (χ0n) is 16.7. The Morgan fingerprint density at radius 1 is 1.14 bits per heavy atom. The smallest absolute Gasteiger partial charge is 0.242 e. The van der Waals surface area contributed by atoms with Gasteiger partial charge in [0.15, 0.2) is 0 Å². The fourth-order valence-electron chi connectivity index (χ4n) is 3.31. The molecule has 0 spiro atoms. The van der Waals surface area contributed by atoms with Crippen LogP contribution in [0.25, 0.3) is 17.3 Å². The van der Waals surface area contributed by atoms with E-state index in [1.807, 2.05) is 70.5 Å². The Hall–Kier alpha value is -2.64. The minimum Gasteiger partial charge on any atom is -0.316 e. The van der Waals surface area contributed by atoms with Crippen LogP contribution in [0.2, 0.25) is 0 Å². The van der Waals surface area contributed by atoms with Crippen LogP contribution in [0.15, 0.2) is 48.8 Å². The predicted octanol–water partition coefficient (Wildman–Crippen LogP) is 3.12. The van der Waals surface area contributed by atoms with Crippen LogP contribution in [0.5, 0.6) is 0 Å². The van der Waals surface area contributed by atoms with Gasteiger partial charge in [0.2, 0.25) is 10.0 Å². The van der Waals surface area contributed by atoms with E-state index in [0.717, 1.165) is 33.6 Å². The summed E-state index contributed by atoms with van der Waals surface area (Å²) >= 11 is 0. The van der Waals surface area contributed by atoms with Gasteiger partial charge in [-0.2, -0.15) is 5.10 Å². The molecule has 7 heteroatoms. The molecule has 0 amide bonds. The van der Waals surface area contributed by atoms with E-state index in [-0.39, 0.29) is 5.75 Å². The highest BCUT2D eigenvalue weighted by molar-refractivity contribution is 7.90. The molecular formula is C21H26N4O2S. The maximum absolute atomic E-state index is 13.1. The average molecular weight is 399 g/mol. The van der Waals surface area contributed by atoms with E-state index in [1.165, 1.54) is 3.97 Å². The first-order valence-electron chi connectivity index (χ1n) is 9.14. The summed E-state index contributed by atoms with van der Waals surface area (Å²) < 4.78 is 29.4. The van der Waals surface area contributed by atoms with Gasteiger partial charge in [-0.1, -0.05) is 42.5 Å². The third kappa shape index (κ3) is 4.10. The first kappa shape index (κ1) is 20.1. The molecule has 3 aromatic rings. The fourth-order valence-corrected chi connectivity index (χ4v) is 4.62. The fraction of sp³-hybridized carbons (Fsp3) is 0.286. The highest BCUT2D eigenvalue weighted by atomic mass is 32.2. The van der Waals surface area contributed by atoms with Gasteiger partial charge in [0.05, 0.1) is 17.1 Å². The Labute approximate surface area is 166 Å². The van der Waals surface area contributed by atoms with Crippen molar-refractivity contribution in [3.05, 3.63) is 71.2 Å². The quantitative estimate of drug-likeness (QED) is 0.664. The number of aryl methyl sites for hydroxylation is 2. The van der Waals surface area contributed by atoms with Crippen molar-refractivity contribution in [2.75, 3.05) is 12.8 Å². The zero-order chi connectivity index (χ0) is 20.3. The van der Waals surface area contributed by atoms with E-state index in [9.17, 15) is 8.42 Å². The molecule has 0 aliphatic carbocycles. The molecule has 0 saturated heterocycles. The Balaban J connectivity index is 1.98. The Morgan fingerprint density at radius 2 is 1.86 bits per heavy atom. The molecule has 0 atom stereocenters. The normalized spacial score (nSPS) is 12.1. The molecule has 0 bridgehead atoms. The summed E-state index contributed by atoms with van der Waals surface area (Å²) in [6.45, 7) is 4.48. The number of benzene rings is 1. The summed E-state index contributed by atoms with van der Waals surface area (Å²) in [6.07, 6.45) is 7.10. The van der Waals surface area contributed by atoms with Crippen molar-refractivity contribution >= 4 is 16.1 Å². The molecule has 148 valence electrons. The SMILES string of the molecule is CNCc1cn(S(=O)(=O)CC=Cc2cn(C)nc2C)c(-c2ccccc2)c1C. The Bertz CT molecular complexity index is 1090. The maximum Gasteiger partial charge on any atom is 0.242 e. The third-order valence-corrected chi connectivity index (χ3v) is 6.20. The monoisotopic (exact) mass is 398 g/mol. The molecule has 0 aliphatic heterocycles. The summed E-state index contributed by atoms with van der Waals surface area (Å²) in [7, 11) is 0.140. The molecule has 6 nitrogen and oxygen atoms in total. The van der Waals surface area contributed by atoms with E-state index in [4.69, 9.17) is 0 Å². The lowest BCUT2D eigenvalue weighted by Crippen LogP contribution is -2.16. The second-order valence-electron chi connectivity index (χ2n) is 6.84. The molecular weight excluding hydrogens is 372 g/mol. The minimum absolute atomic E-state index is 0.0890. The number of nitrogens with one attached hydrogen (secondary N) is 1. The summed E-state index contributed by atoms with van der Waals surface area (Å²) in [4.78, 5) is 0. The van der Waals surface area contributed by atoms with Gasteiger partial charge in [0.25, 0.3) is 0 Å². The zero-order valence-corrected chi connectivity index (χ0v) is 17.5. The van der Waals surface area contributed by atoms with Gasteiger partial charge in [-0.3, -0.25) is 4.68 Å². The standard InChI is InChI=1S/C21H26N4O2S/c1-16-20(13-22-3)15-25(21(16)18-9-6-5-7-10-18)28(26,27)12-8-11-19-14-24(4)23-17(19)2/h5-11,14-15,22H,12-13H2,1-4H3. The minimum atomic E-state index is -3.56. The lowest BCUT2D eigenvalue weighted by molar-refractivity contribution is 0.591. The molecule has 0 fully saturated rings. The van der Waals surface area contributed by atoms with Crippen LogP contribution in [-0.4, -0.2) is 35.0 Å². The third-order valence-electron chi connectivity index (χ3n) is 4.70. The number of hydrogen-bond acceptors (Lipinski definition) is 4. The van der Waals surface area contributed by atoms with Crippen molar-refractivity contribution in [3.63, 3.8) is 0 Å². The van der Waals surface area contributed by atoms with Crippen molar-refractivity contribution in [3.8, 4) is 11.3 Å². The van der Waals surface area contributed by atoms with Gasteiger partial charge in [-0.25, -0.2) is 12.4 Å². The van der Waals surface area contributed by atoms with Crippen molar-refractivity contribution in [1.29, 1.82) is 0 Å². The summed E-state index contributed by atoms with van der Waals surface area (Å²) in [5.74, 6) is -0.0890. The van der Waals surface area contributed by atoms with Gasteiger partial charge < -0.3 is 5.32 Å². The van der Waals surface area contributed by atoms with Crippen LogP contribution in [-0.2, 0) is 23.6 Å². The van der Waals surface area contributed by atoms with Crippen molar-refractivity contribution in [2.45, 2.75) is 20.4 Å². The Morgan fingerprint density at radius 3 is 2.46 bits per heavy atom. The van der Waals surface area contributed by atoms with E-state index >= 15 is 0 Å². The van der Waals surface area contributed by atoms with Gasteiger partial charge in [0, 0.05) is 31.5 Å². The van der Waals surface area contributed by atoms with E-state index in [1.54, 1.807) is 17.0 Å². The maximum atomic E-state index is 13.1. The highest BCUT2D eigenvalue weighted by Crippen LogP contribution is 2.29. The lowest BCUT2D eigenvalue weighted by atomic mass is 10.1. The van der Waals surface area contributed by atoms with Crippen LogP contribution in [0.3, 0.4) is 0 Å². The summed E-state index contributed by atoms with van der Waals surface area (Å²) in [5, 5.41) is 7.39. The van der Waals surface area contributed by atoms with Gasteiger partial charge in [0.1, 0.15) is 0 Å². The van der Waals surface area contributed by atoms with Crippen LogP contribution < -0.4 is 5.32 Å². The molecule has 0 radical (unpaired) electrons. The van der Waals surface area contributed by atoms with E-state index in [2.05, 4.69) is 10.4 Å². The highest BCUT2D eigenvalue weighted by Gasteiger charge is 2.21. The van der Waals surface area contributed by atoms with E-state index < -0.39 is 10.0 Å². The molecule has 0 unspecified atom stereocenters.